The average molecular weight is 218 g/mol. The van der Waals surface area contributed by atoms with Crippen LogP contribution in [-0.2, 0) is 11.2 Å². The molecule has 0 saturated heterocycles. The maximum Gasteiger partial charge on any atom is 0.251 e. The van der Waals surface area contributed by atoms with Crippen LogP contribution in [0.3, 0.4) is 0 Å². The van der Waals surface area contributed by atoms with Crippen molar-refractivity contribution in [2.45, 2.75) is 33.1 Å². The van der Waals surface area contributed by atoms with Crippen LogP contribution in [0.15, 0.2) is 30.5 Å². The van der Waals surface area contributed by atoms with Gasteiger partial charge < -0.3 is 5.32 Å². The Labute approximate surface area is 96.6 Å². The van der Waals surface area contributed by atoms with E-state index in [4.69, 9.17) is 0 Å². The maximum atomic E-state index is 11.5. The topological polar surface area (TPSA) is 42.0 Å². The van der Waals surface area contributed by atoms with E-state index in [9.17, 15) is 4.79 Å². The first-order valence-corrected chi connectivity index (χ1v) is 5.56. The van der Waals surface area contributed by atoms with Gasteiger partial charge in [-0.25, -0.2) is 4.98 Å². The number of carbonyl (C=O) groups is 1. The number of pyridine rings is 1. The molecule has 1 N–H and O–H groups in total. The zero-order valence-corrected chi connectivity index (χ0v) is 9.92. The summed E-state index contributed by atoms with van der Waals surface area (Å²) >= 11 is 0. The number of amides is 1. The van der Waals surface area contributed by atoms with Crippen molar-refractivity contribution in [2.24, 2.45) is 0 Å². The van der Waals surface area contributed by atoms with E-state index in [2.05, 4.69) is 23.8 Å². The minimum absolute atomic E-state index is 0.170. The summed E-state index contributed by atoms with van der Waals surface area (Å²) in [5.74, 6) is 0.486. The summed E-state index contributed by atoms with van der Waals surface area (Å²) in [5.41, 5.74) is 1.58. The van der Waals surface area contributed by atoms with Gasteiger partial charge in [0, 0.05) is 11.8 Å². The van der Waals surface area contributed by atoms with Gasteiger partial charge in [-0.3, -0.25) is 4.79 Å². The highest BCUT2D eigenvalue weighted by Gasteiger charge is 2.07. The van der Waals surface area contributed by atoms with Crippen molar-refractivity contribution >= 4 is 11.7 Å². The highest BCUT2D eigenvalue weighted by molar-refractivity contribution is 6.02. The molecule has 1 rings (SSSR count). The molecule has 0 aromatic carbocycles. The zero-order valence-electron chi connectivity index (χ0n) is 9.92. The third-order valence-corrected chi connectivity index (χ3v) is 2.31. The fourth-order valence-electron chi connectivity index (χ4n) is 1.33. The molecule has 0 radical (unpaired) electrons. The molecule has 0 bridgehead atoms. The van der Waals surface area contributed by atoms with E-state index in [0.29, 0.717) is 11.4 Å². The zero-order chi connectivity index (χ0) is 12.0. The number of nitrogens with one attached hydrogen (secondary N) is 1. The molecule has 1 amide bonds. The van der Waals surface area contributed by atoms with Crippen LogP contribution >= 0.6 is 0 Å². The van der Waals surface area contributed by atoms with Crippen molar-refractivity contribution in [1.82, 2.24) is 4.98 Å². The van der Waals surface area contributed by atoms with Gasteiger partial charge in [-0.1, -0.05) is 26.0 Å². The second kappa shape index (κ2) is 6.05. The van der Waals surface area contributed by atoms with Crippen LogP contribution in [0.4, 0.5) is 5.82 Å². The molecular formula is C13H18N2O. The van der Waals surface area contributed by atoms with E-state index in [-0.39, 0.29) is 5.91 Å². The summed E-state index contributed by atoms with van der Waals surface area (Å²) in [4.78, 5) is 15.7. The van der Waals surface area contributed by atoms with E-state index in [1.165, 1.54) is 0 Å². The molecule has 1 heterocycles. The minimum Gasteiger partial charge on any atom is -0.307 e. The number of aromatic nitrogens is 1. The lowest BCUT2D eigenvalue weighted by Gasteiger charge is -2.09. The Morgan fingerprint density at radius 3 is 2.94 bits per heavy atom. The molecule has 3 nitrogen and oxygen atoms in total. The number of hydrogen-bond acceptors (Lipinski definition) is 2. The lowest BCUT2D eigenvalue weighted by molar-refractivity contribution is -0.112. The minimum atomic E-state index is -0.170. The Morgan fingerprint density at radius 1 is 1.56 bits per heavy atom. The molecule has 3 heteroatoms. The summed E-state index contributed by atoms with van der Waals surface area (Å²) in [7, 11) is 0. The third-order valence-electron chi connectivity index (χ3n) is 2.31. The Morgan fingerprint density at radius 2 is 2.31 bits per heavy atom. The highest BCUT2D eigenvalue weighted by atomic mass is 16.1. The van der Waals surface area contributed by atoms with Crippen LogP contribution in [0.5, 0.6) is 0 Å². The fraction of sp³-hybridized carbons (Fsp3) is 0.385. The molecule has 86 valence electrons. The van der Waals surface area contributed by atoms with Gasteiger partial charge in [0.1, 0.15) is 5.82 Å². The summed E-state index contributed by atoms with van der Waals surface area (Å²) in [6.07, 6.45) is 4.85. The number of unbranched alkanes of at least 4 members (excludes halogenated alkanes) is 1. The van der Waals surface area contributed by atoms with Crippen molar-refractivity contribution in [3.8, 4) is 0 Å². The van der Waals surface area contributed by atoms with Gasteiger partial charge in [0.05, 0.1) is 0 Å². The molecule has 0 saturated carbocycles. The van der Waals surface area contributed by atoms with Gasteiger partial charge in [0.2, 0.25) is 0 Å². The number of nitrogens with zero attached hydrogens (tertiary/aromatic N) is 1. The van der Waals surface area contributed by atoms with Crippen LogP contribution in [-0.4, -0.2) is 10.9 Å². The largest absolute Gasteiger partial charge is 0.307 e. The van der Waals surface area contributed by atoms with Crippen LogP contribution < -0.4 is 5.32 Å². The van der Waals surface area contributed by atoms with E-state index in [0.717, 1.165) is 24.8 Å². The van der Waals surface area contributed by atoms with Crippen molar-refractivity contribution in [3.63, 3.8) is 0 Å². The second-order valence-corrected chi connectivity index (χ2v) is 3.85. The molecule has 16 heavy (non-hydrogen) atoms. The standard InChI is InChI=1S/C13H18N2O/c1-4-5-7-11-8-6-9-14-12(11)15-13(16)10(2)3/h6,8-9H,2,4-5,7H2,1,3H3,(H,14,15,16). The van der Waals surface area contributed by atoms with E-state index < -0.39 is 0 Å². The Balaban J connectivity index is 2.78. The van der Waals surface area contributed by atoms with Crippen LogP contribution in [0, 0.1) is 0 Å². The third kappa shape index (κ3) is 3.50. The Kier molecular flexibility index (Phi) is 4.70. The van der Waals surface area contributed by atoms with Gasteiger partial charge in [-0.15, -0.1) is 0 Å². The predicted octanol–water partition coefficient (Wildman–Crippen LogP) is 2.94. The number of hydrogen-bond donors (Lipinski definition) is 1. The smallest absolute Gasteiger partial charge is 0.251 e. The highest BCUT2D eigenvalue weighted by Crippen LogP contribution is 2.15. The molecule has 0 aliphatic heterocycles. The molecular weight excluding hydrogens is 200 g/mol. The molecule has 0 unspecified atom stereocenters. The van der Waals surface area contributed by atoms with Crippen LogP contribution in [0.1, 0.15) is 32.3 Å². The SMILES string of the molecule is C=C(C)C(=O)Nc1ncccc1CCCC. The number of anilines is 1. The molecule has 0 aliphatic rings. The van der Waals surface area contributed by atoms with Crippen molar-refractivity contribution < 1.29 is 4.79 Å². The quantitative estimate of drug-likeness (QED) is 0.772. The van der Waals surface area contributed by atoms with Crippen LogP contribution in [0.25, 0.3) is 0 Å². The summed E-state index contributed by atoms with van der Waals surface area (Å²) in [5, 5.41) is 2.77. The van der Waals surface area contributed by atoms with Gasteiger partial charge >= 0.3 is 0 Å². The van der Waals surface area contributed by atoms with Gasteiger partial charge in [-0.2, -0.15) is 0 Å². The molecule has 1 aromatic heterocycles. The summed E-state index contributed by atoms with van der Waals surface area (Å²) < 4.78 is 0. The lowest BCUT2D eigenvalue weighted by atomic mass is 10.1. The first kappa shape index (κ1) is 12.4. The van der Waals surface area contributed by atoms with E-state index >= 15 is 0 Å². The van der Waals surface area contributed by atoms with Crippen molar-refractivity contribution in [1.29, 1.82) is 0 Å². The van der Waals surface area contributed by atoms with Crippen LogP contribution in [0.2, 0.25) is 0 Å². The average Bonchev–Trinajstić information content (AvgIpc) is 2.27. The van der Waals surface area contributed by atoms with E-state index in [1.807, 2.05) is 12.1 Å². The molecule has 1 aromatic rings. The van der Waals surface area contributed by atoms with E-state index in [1.54, 1.807) is 13.1 Å². The van der Waals surface area contributed by atoms with Gasteiger partial charge in [0.25, 0.3) is 5.91 Å². The molecule has 0 spiro atoms. The molecule has 0 fully saturated rings. The number of aryl methyl sites for hydroxylation is 1. The predicted molar refractivity (Wildman–Crippen MR) is 66.3 cm³/mol. The maximum absolute atomic E-state index is 11.5. The fourth-order valence-corrected chi connectivity index (χ4v) is 1.33. The van der Waals surface area contributed by atoms with Gasteiger partial charge in [-0.05, 0) is 31.4 Å². The first-order valence-electron chi connectivity index (χ1n) is 5.56. The monoisotopic (exact) mass is 218 g/mol. The summed E-state index contributed by atoms with van der Waals surface area (Å²) in [6.45, 7) is 7.43. The Bertz CT molecular complexity index is 385. The normalized spacial score (nSPS) is 9.88. The van der Waals surface area contributed by atoms with Crippen molar-refractivity contribution in [3.05, 3.63) is 36.0 Å². The van der Waals surface area contributed by atoms with Gasteiger partial charge in [0.15, 0.2) is 0 Å². The Hall–Kier alpha value is -1.64. The number of carbonyl (C=O) groups excluding carboxylic acids is 1. The lowest BCUT2D eigenvalue weighted by Crippen LogP contribution is -2.14. The first-order chi connectivity index (χ1) is 7.65. The molecule has 0 aliphatic carbocycles. The number of rotatable bonds is 5. The van der Waals surface area contributed by atoms with Crippen molar-refractivity contribution in [2.75, 3.05) is 5.32 Å². The summed E-state index contributed by atoms with van der Waals surface area (Å²) in [6, 6.07) is 3.89. The second-order valence-electron chi connectivity index (χ2n) is 3.85. The molecule has 0 atom stereocenters.